The number of hydrogen-bond donors (Lipinski definition) is 0. The van der Waals surface area contributed by atoms with Gasteiger partial charge in [0.05, 0.1) is 0 Å². The van der Waals surface area contributed by atoms with Gasteiger partial charge in [-0.2, -0.15) is 0 Å². The first kappa shape index (κ1) is 16.8. The van der Waals surface area contributed by atoms with Gasteiger partial charge in [0, 0.05) is 26.2 Å². The summed E-state index contributed by atoms with van der Waals surface area (Å²) in [5.74, 6) is 0.838. The van der Waals surface area contributed by atoms with Gasteiger partial charge in [0.25, 0.3) is 5.91 Å². The first-order valence-electron chi connectivity index (χ1n) is 8.11. The largest absolute Gasteiger partial charge is 0.478 e. The lowest BCUT2D eigenvalue weighted by atomic mass is 10.1. The molecule has 0 radical (unpaired) electrons. The molecule has 22 heavy (non-hydrogen) atoms. The zero-order valence-corrected chi connectivity index (χ0v) is 14.5. The fourth-order valence-corrected chi connectivity index (χ4v) is 2.98. The van der Waals surface area contributed by atoms with Crippen molar-refractivity contribution < 1.29 is 9.53 Å². The molecule has 1 fully saturated rings. The van der Waals surface area contributed by atoms with Crippen LogP contribution in [0.25, 0.3) is 0 Å². The Balaban J connectivity index is 2.04. The molecule has 0 aromatic heterocycles. The molecule has 122 valence electrons. The fraction of sp³-hybridized carbons (Fsp3) is 0.611. The van der Waals surface area contributed by atoms with E-state index in [2.05, 4.69) is 17.9 Å². The van der Waals surface area contributed by atoms with E-state index in [-0.39, 0.29) is 5.91 Å². The van der Waals surface area contributed by atoms with Crippen molar-refractivity contribution in [3.8, 4) is 5.75 Å². The summed E-state index contributed by atoms with van der Waals surface area (Å²) >= 11 is 0. The lowest BCUT2D eigenvalue weighted by Crippen LogP contribution is -2.55. The molecular weight excluding hydrogens is 276 g/mol. The molecule has 1 amide bonds. The van der Waals surface area contributed by atoms with E-state index in [1.165, 1.54) is 0 Å². The van der Waals surface area contributed by atoms with Crippen LogP contribution in [0.4, 0.5) is 0 Å². The average Bonchev–Trinajstić information content (AvgIpc) is 2.45. The summed E-state index contributed by atoms with van der Waals surface area (Å²) in [5.41, 5.74) is 1.46. The fourth-order valence-electron chi connectivity index (χ4n) is 2.98. The van der Waals surface area contributed by atoms with E-state index in [1.54, 1.807) is 0 Å². The van der Waals surface area contributed by atoms with E-state index in [1.807, 2.05) is 44.7 Å². The maximum Gasteiger partial charge on any atom is 0.266 e. The van der Waals surface area contributed by atoms with Crippen LogP contribution in [-0.4, -0.2) is 54.0 Å². The molecule has 0 saturated carbocycles. The van der Waals surface area contributed by atoms with Gasteiger partial charge in [-0.05, 0) is 57.5 Å². The van der Waals surface area contributed by atoms with Gasteiger partial charge in [-0.3, -0.25) is 4.79 Å². The number of carbonyl (C=O) groups excluding carboxylic acids is 1. The Kier molecular flexibility index (Phi) is 5.12. The minimum absolute atomic E-state index is 0.0717. The van der Waals surface area contributed by atoms with Crippen LogP contribution in [0.15, 0.2) is 18.2 Å². The molecule has 0 aliphatic carbocycles. The van der Waals surface area contributed by atoms with Crippen molar-refractivity contribution in [3.63, 3.8) is 0 Å². The van der Waals surface area contributed by atoms with Crippen molar-refractivity contribution in [2.45, 2.75) is 40.2 Å². The highest BCUT2D eigenvalue weighted by Gasteiger charge is 2.35. The summed E-state index contributed by atoms with van der Waals surface area (Å²) < 4.78 is 6.03. The minimum Gasteiger partial charge on any atom is -0.478 e. The van der Waals surface area contributed by atoms with Gasteiger partial charge in [0.2, 0.25) is 0 Å². The molecule has 0 spiro atoms. The predicted octanol–water partition coefficient (Wildman–Crippen LogP) is 2.62. The number of ether oxygens (including phenoxy) is 1. The van der Waals surface area contributed by atoms with Crippen molar-refractivity contribution in [2.75, 3.05) is 32.7 Å². The normalized spacial score (nSPS) is 16.7. The number of benzene rings is 1. The molecule has 4 heteroatoms. The van der Waals surface area contributed by atoms with Crippen LogP contribution in [-0.2, 0) is 4.79 Å². The molecular formula is C18H28N2O2. The summed E-state index contributed by atoms with van der Waals surface area (Å²) in [6, 6.07) is 6.07. The van der Waals surface area contributed by atoms with Crippen molar-refractivity contribution in [1.29, 1.82) is 0 Å². The maximum absolute atomic E-state index is 12.8. The van der Waals surface area contributed by atoms with Crippen LogP contribution >= 0.6 is 0 Å². The van der Waals surface area contributed by atoms with Crippen LogP contribution in [0.3, 0.4) is 0 Å². The summed E-state index contributed by atoms with van der Waals surface area (Å²) in [5, 5.41) is 0. The van der Waals surface area contributed by atoms with Gasteiger partial charge in [-0.1, -0.05) is 13.0 Å². The van der Waals surface area contributed by atoms with E-state index < -0.39 is 5.60 Å². The monoisotopic (exact) mass is 304 g/mol. The molecule has 1 saturated heterocycles. The summed E-state index contributed by atoms with van der Waals surface area (Å²) in [4.78, 5) is 17.1. The molecule has 1 aromatic carbocycles. The van der Waals surface area contributed by atoms with Gasteiger partial charge in [0.1, 0.15) is 5.75 Å². The Bertz CT molecular complexity index is 512. The summed E-state index contributed by atoms with van der Waals surface area (Å²) in [6.07, 6.45) is 0. The highest BCUT2D eigenvalue weighted by Crippen LogP contribution is 2.23. The first-order valence-corrected chi connectivity index (χ1v) is 8.11. The molecule has 0 bridgehead atoms. The Morgan fingerprint density at radius 2 is 1.64 bits per heavy atom. The smallest absolute Gasteiger partial charge is 0.266 e. The number of amides is 1. The number of aryl methyl sites for hydroxylation is 2. The van der Waals surface area contributed by atoms with E-state index in [4.69, 9.17) is 4.74 Å². The van der Waals surface area contributed by atoms with Gasteiger partial charge >= 0.3 is 0 Å². The second-order valence-corrected chi connectivity index (χ2v) is 6.66. The number of rotatable bonds is 4. The third kappa shape index (κ3) is 4.01. The van der Waals surface area contributed by atoms with Gasteiger partial charge < -0.3 is 14.5 Å². The summed E-state index contributed by atoms with van der Waals surface area (Å²) in [7, 11) is 0. The second-order valence-electron chi connectivity index (χ2n) is 6.66. The maximum atomic E-state index is 12.8. The third-order valence-corrected chi connectivity index (χ3v) is 4.19. The van der Waals surface area contributed by atoms with Crippen LogP contribution in [0.1, 0.15) is 31.9 Å². The SMILES string of the molecule is CCN1CCN(C(=O)C(C)(C)Oc2cc(C)cc(C)c2)CC1. The van der Waals surface area contributed by atoms with Crippen LogP contribution in [0.2, 0.25) is 0 Å². The molecule has 0 unspecified atom stereocenters. The highest BCUT2D eigenvalue weighted by molar-refractivity contribution is 5.85. The Morgan fingerprint density at radius 3 is 2.14 bits per heavy atom. The van der Waals surface area contributed by atoms with Crippen LogP contribution in [0, 0.1) is 13.8 Å². The number of likely N-dealkylation sites (N-methyl/N-ethyl adjacent to an activating group) is 1. The van der Waals surface area contributed by atoms with Gasteiger partial charge in [-0.25, -0.2) is 0 Å². The van der Waals surface area contributed by atoms with Crippen molar-refractivity contribution >= 4 is 5.91 Å². The standard InChI is InChI=1S/C18H28N2O2/c1-6-19-7-9-20(10-8-19)17(21)18(4,5)22-16-12-14(2)11-15(3)13-16/h11-13H,6-10H2,1-5H3. The minimum atomic E-state index is -0.839. The second kappa shape index (κ2) is 6.69. The molecule has 1 aliphatic rings. The predicted molar refractivity (Wildman–Crippen MR) is 89.3 cm³/mol. The molecule has 0 N–H and O–H groups in total. The van der Waals surface area contributed by atoms with Crippen molar-refractivity contribution in [2.24, 2.45) is 0 Å². The molecule has 4 nitrogen and oxygen atoms in total. The third-order valence-electron chi connectivity index (χ3n) is 4.19. The molecule has 1 aromatic rings. The highest BCUT2D eigenvalue weighted by atomic mass is 16.5. The Labute approximate surface area is 134 Å². The average molecular weight is 304 g/mol. The van der Waals surface area contributed by atoms with E-state index in [0.717, 1.165) is 49.6 Å². The van der Waals surface area contributed by atoms with Gasteiger partial charge in [-0.15, -0.1) is 0 Å². The zero-order chi connectivity index (χ0) is 16.3. The Morgan fingerprint density at radius 1 is 1.09 bits per heavy atom. The lowest BCUT2D eigenvalue weighted by molar-refractivity contribution is -0.147. The number of hydrogen-bond acceptors (Lipinski definition) is 3. The quantitative estimate of drug-likeness (QED) is 0.857. The van der Waals surface area contributed by atoms with Crippen LogP contribution in [0.5, 0.6) is 5.75 Å². The van der Waals surface area contributed by atoms with Crippen LogP contribution < -0.4 is 4.74 Å². The van der Waals surface area contributed by atoms with Gasteiger partial charge in [0.15, 0.2) is 5.60 Å². The Hall–Kier alpha value is -1.55. The first-order chi connectivity index (χ1) is 10.3. The zero-order valence-electron chi connectivity index (χ0n) is 14.5. The topological polar surface area (TPSA) is 32.8 Å². The lowest BCUT2D eigenvalue weighted by Gasteiger charge is -2.38. The molecule has 0 atom stereocenters. The molecule has 1 aliphatic heterocycles. The van der Waals surface area contributed by atoms with E-state index >= 15 is 0 Å². The number of piperazine rings is 1. The van der Waals surface area contributed by atoms with Crippen molar-refractivity contribution in [1.82, 2.24) is 9.80 Å². The number of nitrogens with zero attached hydrogens (tertiary/aromatic N) is 2. The summed E-state index contributed by atoms with van der Waals surface area (Å²) in [6.45, 7) is 14.5. The molecule has 2 rings (SSSR count). The van der Waals surface area contributed by atoms with E-state index in [0.29, 0.717) is 0 Å². The van der Waals surface area contributed by atoms with E-state index in [9.17, 15) is 4.79 Å². The van der Waals surface area contributed by atoms with Crippen molar-refractivity contribution in [3.05, 3.63) is 29.3 Å². The number of carbonyl (C=O) groups is 1. The molecule has 1 heterocycles.